The zero-order valence-corrected chi connectivity index (χ0v) is 15.8. The summed E-state index contributed by atoms with van der Waals surface area (Å²) in [5, 5.41) is 4.43. The predicted octanol–water partition coefficient (Wildman–Crippen LogP) is 1.87. The molecule has 2 aromatic heterocycles. The van der Waals surface area contributed by atoms with Gasteiger partial charge in [-0.2, -0.15) is 5.10 Å². The van der Waals surface area contributed by atoms with Crippen molar-refractivity contribution in [2.45, 2.75) is 45.8 Å². The summed E-state index contributed by atoms with van der Waals surface area (Å²) in [4.78, 5) is 34.1. The maximum Gasteiger partial charge on any atom is 0.274 e. The minimum atomic E-state index is -0.134. The Hall–Kier alpha value is -2.70. The molecule has 0 saturated carbocycles. The molecule has 0 aromatic carbocycles. The molecular formula is C20H25N5O2. The Morgan fingerprint density at radius 1 is 1.26 bits per heavy atom. The predicted molar refractivity (Wildman–Crippen MR) is 99.8 cm³/mol. The Balaban J connectivity index is 1.55. The number of rotatable bonds is 4. The van der Waals surface area contributed by atoms with Crippen LogP contribution in [0, 0.1) is 12.8 Å². The molecule has 2 atom stereocenters. The summed E-state index contributed by atoms with van der Waals surface area (Å²) in [6.45, 7) is 6.25. The second-order valence-electron chi connectivity index (χ2n) is 7.41. The third-order valence-electron chi connectivity index (χ3n) is 5.64. The van der Waals surface area contributed by atoms with E-state index < -0.39 is 0 Å². The van der Waals surface area contributed by atoms with Gasteiger partial charge in [0.25, 0.3) is 5.91 Å². The van der Waals surface area contributed by atoms with E-state index in [1.54, 1.807) is 6.20 Å². The van der Waals surface area contributed by atoms with E-state index in [4.69, 9.17) is 0 Å². The van der Waals surface area contributed by atoms with Gasteiger partial charge in [0.2, 0.25) is 5.91 Å². The number of hydrogen-bond donors (Lipinski definition) is 0. The monoisotopic (exact) mass is 367 g/mol. The molecule has 7 heteroatoms. The van der Waals surface area contributed by atoms with Crippen molar-refractivity contribution in [3.05, 3.63) is 47.5 Å². The molecule has 0 radical (unpaired) electrons. The lowest BCUT2D eigenvalue weighted by molar-refractivity contribution is -0.140. The molecule has 3 aliphatic heterocycles. The van der Waals surface area contributed by atoms with E-state index in [0.29, 0.717) is 25.3 Å². The van der Waals surface area contributed by atoms with Crippen LogP contribution in [0.4, 0.5) is 0 Å². The van der Waals surface area contributed by atoms with E-state index in [0.717, 1.165) is 30.8 Å². The maximum atomic E-state index is 13.0. The van der Waals surface area contributed by atoms with Crippen LogP contribution in [-0.4, -0.2) is 55.5 Å². The van der Waals surface area contributed by atoms with E-state index in [-0.39, 0.29) is 23.8 Å². The molecule has 2 amide bonds. The van der Waals surface area contributed by atoms with E-state index in [9.17, 15) is 9.59 Å². The lowest BCUT2D eigenvalue weighted by Gasteiger charge is -2.35. The average molecular weight is 367 g/mol. The summed E-state index contributed by atoms with van der Waals surface area (Å²) < 4.78 is 1.83. The lowest BCUT2D eigenvalue weighted by atomic mass is 9.94. The van der Waals surface area contributed by atoms with Crippen LogP contribution in [0.25, 0.3) is 0 Å². The summed E-state index contributed by atoms with van der Waals surface area (Å²) >= 11 is 0. The van der Waals surface area contributed by atoms with Gasteiger partial charge in [0.05, 0.1) is 18.2 Å². The topological polar surface area (TPSA) is 71.3 Å². The fourth-order valence-electron chi connectivity index (χ4n) is 4.18. The number of carbonyl (C=O) groups is 2. The molecule has 142 valence electrons. The SMILES string of the molecule is CCn1nc(C(=O)N2C[C@@H]3CC[C@H](C2)N(Cc2ccccn2)C3=O)cc1C. The number of fused-ring (bicyclic) bond motifs is 4. The summed E-state index contributed by atoms with van der Waals surface area (Å²) in [5.74, 6) is -0.0667. The minimum absolute atomic E-state index is 0.0385. The number of amides is 2. The van der Waals surface area contributed by atoms with Crippen molar-refractivity contribution in [2.24, 2.45) is 5.92 Å². The van der Waals surface area contributed by atoms with Gasteiger partial charge in [-0.3, -0.25) is 19.3 Å². The zero-order chi connectivity index (χ0) is 19.0. The van der Waals surface area contributed by atoms with Crippen molar-refractivity contribution in [3.8, 4) is 0 Å². The van der Waals surface area contributed by atoms with Crippen molar-refractivity contribution < 1.29 is 9.59 Å². The van der Waals surface area contributed by atoms with E-state index >= 15 is 0 Å². The Labute approximate surface area is 159 Å². The molecule has 3 saturated heterocycles. The Bertz CT molecular complexity index is 847. The van der Waals surface area contributed by atoms with Crippen molar-refractivity contribution in [1.82, 2.24) is 24.6 Å². The first-order chi connectivity index (χ1) is 13.1. The van der Waals surface area contributed by atoms with Crippen LogP contribution >= 0.6 is 0 Å². The number of aromatic nitrogens is 3. The summed E-state index contributed by atoms with van der Waals surface area (Å²) in [6, 6.07) is 7.63. The quantitative estimate of drug-likeness (QED) is 0.827. The highest BCUT2D eigenvalue weighted by molar-refractivity contribution is 5.93. The van der Waals surface area contributed by atoms with E-state index in [1.807, 2.05) is 52.6 Å². The number of nitrogens with zero attached hydrogens (tertiary/aromatic N) is 5. The number of aryl methyl sites for hydroxylation is 2. The second-order valence-corrected chi connectivity index (χ2v) is 7.41. The van der Waals surface area contributed by atoms with Crippen molar-refractivity contribution in [2.75, 3.05) is 13.1 Å². The van der Waals surface area contributed by atoms with Gasteiger partial charge >= 0.3 is 0 Å². The minimum Gasteiger partial charge on any atom is -0.334 e. The number of piperidine rings is 1. The smallest absolute Gasteiger partial charge is 0.274 e. The molecule has 3 fully saturated rings. The summed E-state index contributed by atoms with van der Waals surface area (Å²) in [6.07, 6.45) is 3.52. The average Bonchev–Trinajstić information content (AvgIpc) is 2.86. The highest BCUT2D eigenvalue weighted by atomic mass is 16.2. The first-order valence-corrected chi connectivity index (χ1v) is 9.61. The molecule has 7 nitrogen and oxygen atoms in total. The van der Waals surface area contributed by atoms with Crippen LogP contribution in [0.2, 0.25) is 0 Å². The normalized spacial score (nSPS) is 22.2. The van der Waals surface area contributed by atoms with Crippen LogP contribution in [-0.2, 0) is 17.9 Å². The fourth-order valence-corrected chi connectivity index (χ4v) is 4.18. The highest BCUT2D eigenvalue weighted by Gasteiger charge is 2.42. The van der Waals surface area contributed by atoms with Gasteiger partial charge in [-0.15, -0.1) is 0 Å². The van der Waals surface area contributed by atoms with Gasteiger partial charge in [-0.05, 0) is 44.9 Å². The summed E-state index contributed by atoms with van der Waals surface area (Å²) in [5.41, 5.74) is 2.33. The third kappa shape index (κ3) is 3.34. The van der Waals surface area contributed by atoms with Crippen LogP contribution in [0.5, 0.6) is 0 Å². The zero-order valence-electron chi connectivity index (χ0n) is 15.8. The molecule has 0 aliphatic carbocycles. The number of hydrogen-bond acceptors (Lipinski definition) is 4. The molecule has 0 spiro atoms. The van der Waals surface area contributed by atoms with E-state index in [2.05, 4.69) is 10.1 Å². The number of carbonyl (C=O) groups excluding carboxylic acids is 2. The van der Waals surface area contributed by atoms with Gasteiger partial charge in [-0.1, -0.05) is 6.07 Å². The van der Waals surface area contributed by atoms with Gasteiger partial charge in [0, 0.05) is 37.6 Å². The molecule has 0 unspecified atom stereocenters. The molecule has 3 aliphatic rings. The largest absolute Gasteiger partial charge is 0.334 e. The molecule has 27 heavy (non-hydrogen) atoms. The molecular weight excluding hydrogens is 342 g/mol. The standard InChI is InChI=1S/C20H25N5O2/c1-3-25-14(2)10-18(22-25)20(27)23-11-15-7-8-17(13-23)24(19(15)26)12-16-6-4-5-9-21-16/h4-6,9-10,15,17H,3,7-8,11-13H2,1-2H3/t15-,17+/m0/s1. The molecule has 5 heterocycles. The molecule has 5 rings (SSSR count). The molecule has 2 bridgehead atoms. The first-order valence-electron chi connectivity index (χ1n) is 9.61. The van der Waals surface area contributed by atoms with Crippen molar-refractivity contribution in [1.29, 1.82) is 0 Å². The summed E-state index contributed by atoms with van der Waals surface area (Å²) in [7, 11) is 0. The molecule has 0 N–H and O–H groups in total. The van der Waals surface area contributed by atoms with Gasteiger partial charge in [-0.25, -0.2) is 0 Å². The lowest BCUT2D eigenvalue weighted by Crippen LogP contribution is -2.47. The highest BCUT2D eigenvalue weighted by Crippen LogP contribution is 2.30. The van der Waals surface area contributed by atoms with Crippen molar-refractivity contribution in [3.63, 3.8) is 0 Å². The van der Waals surface area contributed by atoms with Crippen molar-refractivity contribution >= 4 is 11.8 Å². The van der Waals surface area contributed by atoms with Crippen LogP contribution in [0.1, 0.15) is 41.6 Å². The van der Waals surface area contributed by atoms with Crippen LogP contribution < -0.4 is 0 Å². The Morgan fingerprint density at radius 3 is 2.81 bits per heavy atom. The van der Waals surface area contributed by atoms with Crippen LogP contribution in [0.3, 0.4) is 0 Å². The second kappa shape index (κ2) is 7.13. The maximum absolute atomic E-state index is 13.0. The van der Waals surface area contributed by atoms with Gasteiger partial charge in [0.15, 0.2) is 5.69 Å². The Kier molecular flexibility index (Phi) is 4.68. The first kappa shape index (κ1) is 17.7. The fraction of sp³-hybridized carbons (Fsp3) is 0.500. The van der Waals surface area contributed by atoms with Gasteiger partial charge < -0.3 is 9.80 Å². The number of pyridine rings is 1. The van der Waals surface area contributed by atoms with Crippen LogP contribution in [0.15, 0.2) is 30.5 Å². The third-order valence-corrected chi connectivity index (χ3v) is 5.64. The Morgan fingerprint density at radius 2 is 2.11 bits per heavy atom. The van der Waals surface area contributed by atoms with Gasteiger partial charge in [0.1, 0.15) is 0 Å². The molecule has 2 aromatic rings. The van der Waals surface area contributed by atoms with E-state index in [1.165, 1.54) is 0 Å².